The molecular weight excluding hydrogens is 294 g/mol. The lowest BCUT2D eigenvalue weighted by molar-refractivity contribution is 0.0526. The van der Waals surface area contributed by atoms with Crippen LogP contribution in [0.3, 0.4) is 0 Å². The molecule has 0 radical (unpaired) electrons. The van der Waals surface area contributed by atoms with Crippen LogP contribution in [-0.4, -0.2) is 27.6 Å². The average Bonchev–Trinajstić information content (AvgIpc) is 2.58. The SMILES string of the molecule is CCOC(=O)c1cccc(Cn2nnc3ccccc3c2=O)c1. The van der Waals surface area contributed by atoms with Crippen molar-refractivity contribution in [1.29, 1.82) is 0 Å². The normalized spacial score (nSPS) is 10.7. The van der Waals surface area contributed by atoms with Gasteiger partial charge in [0.05, 0.1) is 24.1 Å². The molecule has 0 atom stereocenters. The van der Waals surface area contributed by atoms with Crippen molar-refractivity contribution in [2.45, 2.75) is 13.5 Å². The third-order valence-corrected chi connectivity index (χ3v) is 3.40. The molecule has 23 heavy (non-hydrogen) atoms. The number of hydrogen-bond donors (Lipinski definition) is 0. The van der Waals surface area contributed by atoms with Crippen LogP contribution >= 0.6 is 0 Å². The Kier molecular flexibility index (Phi) is 4.14. The van der Waals surface area contributed by atoms with Crippen molar-refractivity contribution in [2.75, 3.05) is 6.61 Å². The number of esters is 1. The van der Waals surface area contributed by atoms with Gasteiger partial charge in [-0.3, -0.25) is 4.79 Å². The molecule has 0 fully saturated rings. The number of rotatable bonds is 4. The molecule has 2 aromatic carbocycles. The fraction of sp³-hybridized carbons (Fsp3) is 0.176. The predicted molar refractivity (Wildman–Crippen MR) is 85.3 cm³/mol. The summed E-state index contributed by atoms with van der Waals surface area (Å²) in [5.41, 5.74) is 1.58. The highest BCUT2D eigenvalue weighted by Gasteiger charge is 2.09. The molecule has 3 aromatic rings. The first-order valence-corrected chi connectivity index (χ1v) is 7.27. The Labute approximate surface area is 132 Å². The van der Waals surface area contributed by atoms with E-state index in [1.165, 1.54) is 4.68 Å². The molecule has 6 heteroatoms. The first-order chi connectivity index (χ1) is 11.2. The third kappa shape index (κ3) is 3.11. The summed E-state index contributed by atoms with van der Waals surface area (Å²) in [6.07, 6.45) is 0. The number of ether oxygens (including phenoxy) is 1. The summed E-state index contributed by atoms with van der Waals surface area (Å²) >= 11 is 0. The van der Waals surface area contributed by atoms with Gasteiger partial charge in [0.25, 0.3) is 5.56 Å². The van der Waals surface area contributed by atoms with E-state index in [9.17, 15) is 9.59 Å². The summed E-state index contributed by atoms with van der Waals surface area (Å²) in [4.78, 5) is 24.2. The topological polar surface area (TPSA) is 74.1 Å². The molecule has 0 amide bonds. The van der Waals surface area contributed by atoms with Gasteiger partial charge in [0.2, 0.25) is 0 Å². The average molecular weight is 309 g/mol. The Balaban J connectivity index is 1.93. The molecule has 0 spiro atoms. The molecule has 0 aliphatic carbocycles. The molecule has 1 aromatic heterocycles. The molecular formula is C17H15N3O3. The van der Waals surface area contributed by atoms with Gasteiger partial charge in [0.1, 0.15) is 5.52 Å². The fourth-order valence-corrected chi connectivity index (χ4v) is 2.31. The Bertz CT molecular complexity index is 918. The summed E-state index contributed by atoms with van der Waals surface area (Å²) in [6.45, 7) is 2.31. The minimum Gasteiger partial charge on any atom is -0.462 e. The Morgan fingerprint density at radius 1 is 1.17 bits per heavy atom. The van der Waals surface area contributed by atoms with Gasteiger partial charge in [-0.15, -0.1) is 5.10 Å². The van der Waals surface area contributed by atoms with Crippen LogP contribution in [0.25, 0.3) is 10.9 Å². The predicted octanol–water partition coefficient (Wildman–Crippen LogP) is 2.02. The van der Waals surface area contributed by atoms with Crippen molar-refractivity contribution in [3.05, 3.63) is 70.0 Å². The van der Waals surface area contributed by atoms with E-state index in [1.54, 1.807) is 43.3 Å². The second-order valence-electron chi connectivity index (χ2n) is 4.99. The summed E-state index contributed by atoms with van der Waals surface area (Å²) < 4.78 is 6.26. The van der Waals surface area contributed by atoms with Crippen LogP contribution < -0.4 is 5.56 Å². The quantitative estimate of drug-likeness (QED) is 0.689. The third-order valence-electron chi connectivity index (χ3n) is 3.40. The first-order valence-electron chi connectivity index (χ1n) is 7.27. The Hall–Kier alpha value is -3.02. The van der Waals surface area contributed by atoms with Crippen molar-refractivity contribution in [3.8, 4) is 0 Å². The lowest BCUT2D eigenvalue weighted by Crippen LogP contribution is -2.24. The number of hydrogen-bond acceptors (Lipinski definition) is 5. The second-order valence-corrected chi connectivity index (χ2v) is 4.99. The lowest BCUT2D eigenvalue weighted by Gasteiger charge is -2.07. The summed E-state index contributed by atoms with van der Waals surface area (Å²) in [6, 6.07) is 14.0. The number of carbonyl (C=O) groups is 1. The fourth-order valence-electron chi connectivity index (χ4n) is 2.31. The van der Waals surface area contributed by atoms with Crippen LogP contribution in [0.5, 0.6) is 0 Å². The van der Waals surface area contributed by atoms with Gasteiger partial charge >= 0.3 is 5.97 Å². The van der Waals surface area contributed by atoms with E-state index in [2.05, 4.69) is 10.3 Å². The van der Waals surface area contributed by atoms with E-state index in [-0.39, 0.29) is 18.1 Å². The van der Waals surface area contributed by atoms with Crippen molar-refractivity contribution in [2.24, 2.45) is 0 Å². The van der Waals surface area contributed by atoms with Crippen LogP contribution in [0.1, 0.15) is 22.8 Å². The zero-order valence-corrected chi connectivity index (χ0v) is 12.6. The standard InChI is InChI=1S/C17H15N3O3/c1-2-23-17(22)13-7-5-6-12(10-13)11-20-16(21)14-8-3-4-9-15(14)18-19-20/h3-10H,2,11H2,1H3. The monoisotopic (exact) mass is 309 g/mol. The molecule has 3 rings (SSSR count). The number of fused-ring (bicyclic) bond motifs is 1. The Morgan fingerprint density at radius 2 is 2.00 bits per heavy atom. The molecule has 0 aliphatic heterocycles. The maximum atomic E-state index is 12.4. The van der Waals surface area contributed by atoms with E-state index in [0.717, 1.165) is 5.56 Å². The zero-order chi connectivity index (χ0) is 16.2. The molecule has 0 aliphatic rings. The molecule has 116 valence electrons. The zero-order valence-electron chi connectivity index (χ0n) is 12.6. The van der Waals surface area contributed by atoms with Crippen LogP contribution in [0.4, 0.5) is 0 Å². The smallest absolute Gasteiger partial charge is 0.338 e. The van der Waals surface area contributed by atoms with Crippen LogP contribution in [-0.2, 0) is 11.3 Å². The van der Waals surface area contributed by atoms with Crippen molar-refractivity contribution >= 4 is 16.9 Å². The van der Waals surface area contributed by atoms with Gasteiger partial charge in [-0.2, -0.15) is 0 Å². The van der Waals surface area contributed by atoms with Crippen LogP contribution in [0.2, 0.25) is 0 Å². The minimum absolute atomic E-state index is 0.211. The molecule has 0 saturated heterocycles. The number of carbonyl (C=O) groups excluding carboxylic acids is 1. The number of nitrogens with zero attached hydrogens (tertiary/aromatic N) is 3. The number of benzene rings is 2. The molecule has 1 heterocycles. The molecule has 0 bridgehead atoms. The Morgan fingerprint density at radius 3 is 2.83 bits per heavy atom. The minimum atomic E-state index is -0.383. The van der Waals surface area contributed by atoms with E-state index in [1.807, 2.05) is 12.1 Å². The van der Waals surface area contributed by atoms with Gasteiger partial charge in [-0.1, -0.05) is 29.5 Å². The van der Waals surface area contributed by atoms with Crippen molar-refractivity contribution < 1.29 is 9.53 Å². The first kappa shape index (κ1) is 14.9. The van der Waals surface area contributed by atoms with Gasteiger partial charge in [0, 0.05) is 0 Å². The maximum Gasteiger partial charge on any atom is 0.338 e. The van der Waals surface area contributed by atoms with E-state index >= 15 is 0 Å². The van der Waals surface area contributed by atoms with Crippen molar-refractivity contribution in [3.63, 3.8) is 0 Å². The summed E-state index contributed by atoms with van der Waals surface area (Å²) in [7, 11) is 0. The molecule has 0 unspecified atom stereocenters. The van der Waals surface area contributed by atoms with E-state index in [0.29, 0.717) is 23.1 Å². The van der Waals surface area contributed by atoms with E-state index < -0.39 is 0 Å². The van der Waals surface area contributed by atoms with Gasteiger partial charge in [-0.05, 0) is 36.8 Å². The molecule has 0 N–H and O–H groups in total. The number of aromatic nitrogens is 3. The largest absolute Gasteiger partial charge is 0.462 e. The van der Waals surface area contributed by atoms with Crippen LogP contribution in [0, 0.1) is 0 Å². The maximum absolute atomic E-state index is 12.4. The van der Waals surface area contributed by atoms with Crippen molar-refractivity contribution in [1.82, 2.24) is 15.0 Å². The van der Waals surface area contributed by atoms with Gasteiger partial charge in [0.15, 0.2) is 0 Å². The van der Waals surface area contributed by atoms with Gasteiger partial charge in [-0.25, -0.2) is 9.48 Å². The van der Waals surface area contributed by atoms with Crippen LogP contribution in [0.15, 0.2) is 53.3 Å². The van der Waals surface area contributed by atoms with E-state index in [4.69, 9.17) is 4.74 Å². The highest BCUT2D eigenvalue weighted by Crippen LogP contribution is 2.09. The second kappa shape index (κ2) is 6.39. The summed E-state index contributed by atoms with van der Waals surface area (Å²) in [5.74, 6) is -0.383. The lowest BCUT2D eigenvalue weighted by atomic mass is 10.1. The highest BCUT2D eigenvalue weighted by molar-refractivity contribution is 5.89. The molecule has 6 nitrogen and oxygen atoms in total. The highest BCUT2D eigenvalue weighted by atomic mass is 16.5. The summed E-state index contributed by atoms with van der Waals surface area (Å²) in [5, 5.41) is 8.51. The molecule has 0 saturated carbocycles. The van der Waals surface area contributed by atoms with Gasteiger partial charge < -0.3 is 4.74 Å².